The van der Waals surface area contributed by atoms with Gasteiger partial charge in [-0.3, -0.25) is 4.79 Å². The van der Waals surface area contributed by atoms with Crippen LogP contribution in [0.4, 0.5) is 0 Å². The molecule has 260 valence electrons. The number of amides is 1. The molecule has 5 N–H and O–H groups in total. The fraction of sp³-hybridized carbons (Fsp3) is 0.868. The van der Waals surface area contributed by atoms with Crippen LogP contribution in [0.1, 0.15) is 181 Å². The number of unbranched alkanes of at least 4 members (excludes halogenated alkanes) is 20. The van der Waals surface area contributed by atoms with Crippen LogP contribution in [-0.2, 0) is 4.79 Å². The van der Waals surface area contributed by atoms with Crippen molar-refractivity contribution in [3.05, 3.63) is 24.3 Å². The molecule has 0 rings (SSSR count). The standard InChI is InChI=1S/C38H73NO5/c1-3-5-7-9-11-13-15-17-19-21-23-25-27-29-31-35(41)37(43)34(33-40)39-38(44)36(42)32-30-28-26-24-22-20-18-16-14-12-10-8-6-4-2/h15,17,23,25,34-37,40-43H,3-14,16,18-22,24,26-33H2,1-2H3,(H,39,44)/b17-15+,25-23+. The average molecular weight is 624 g/mol. The van der Waals surface area contributed by atoms with Crippen LogP contribution in [0.15, 0.2) is 24.3 Å². The van der Waals surface area contributed by atoms with Gasteiger partial charge in [0.2, 0.25) is 5.91 Å². The van der Waals surface area contributed by atoms with E-state index in [0.717, 1.165) is 38.5 Å². The third kappa shape index (κ3) is 27.1. The van der Waals surface area contributed by atoms with Gasteiger partial charge in [-0.25, -0.2) is 0 Å². The molecule has 0 aliphatic rings. The van der Waals surface area contributed by atoms with Gasteiger partial charge in [0.25, 0.3) is 0 Å². The normalized spacial score (nSPS) is 14.8. The van der Waals surface area contributed by atoms with Gasteiger partial charge in [0.15, 0.2) is 0 Å². The molecule has 0 fully saturated rings. The van der Waals surface area contributed by atoms with Crippen molar-refractivity contribution in [2.24, 2.45) is 0 Å². The van der Waals surface area contributed by atoms with Crippen LogP contribution in [0.2, 0.25) is 0 Å². The molecule has 0 heterocycles. The SMILES string of the molecule is CCCCCCC/C=C/CC/C=C/CCCC(O)C(O)C(CO)NC(=O)C(O)CCCCCCCCCCCCCCCC. The maximum absolute atomic E-state index is 12.4. The summed E-state index contributed by atoms with van der Waals surface area (Å²) in [4.78, 5) is 12.4. The van der Waals surface area contributed by atoms with Gasteiger partial charge in [-0.2, -0.15) is 0 Å². The first kappa shape index (κ1) is 42.8. The van der Waals surface area contributed by atoms with Gasteiger partial charge >= 0.3 is 0 Å². The second-order valence-corrected chi connectivity index (χ2v) is 12.9. The molecule has 0 radical (unpaired) electrons. The molecule has 0 aromatic carbocycles. The van der Waals surface area contributed by atoms with E-state index in [-0.39, 0.29) is 0 Å². The lowest BCUT2D eigenvalue weighted by Crippen LogP contribution is -2.53. The number of aliphatic hydroxyl groups excluding tert-OH is 4. The van der Waals surface area contributed by atoms with E-state index in [9.17, 15) is 25.2 Å². The lowest BCUT2D eigenvalue weighted by molar-refractivity contribution is -0.132. The van der Waals surface area contributed by atoms with Crippen LogP contribution < -0.4 is 5.32 Å². The van der Waals surface area contributed by atoms with Crippen molar-refractivity contribution >= 4 is 5.91 Å². The molecule has 0 aliphatic heterocycles. The minimum atomic E-state index is -1.28. The molecular formula is C38H73NO5. The second-order valence-electron chi connectivity index (χ2n) is 12.9. The Morgan fingerprint density at radius 3 is 1.43 bits per heavy atom. The number of carbonyl (C=O) groups is 1. The molecule has 44 heavy (non-hydrogen) atoms. The zero-order valence-electron chi connectivity index (χ0n) is 28.9. The first-order chi connectivity index (χ1) is 21.5. The van der Waals surface area contributed by atoms with Crippen molar-refractivity contribution in [1.29, 1.82) is 0 Å². The molecule has 1 amide bonds. The minimum absolute atomic E-state index is 0.363. The van der Waals surface area contributed by atoms with Gasteiger partial charge in [0.1, 0.15) is 12.2 Å². The molecule has 6 heteroatoms. The molecule has 0 aromatic rings. The maximum Gasteiger partial charge on any atom is 0.249 e. The Morgan fingerprint density at radius 1 is 0.545 bits per heavy atom. The highest BCUT2D eigenvalue weighted by Gasteiger charge is 2.28. The van der Waals surface area contributed by atoms with Gasteiger partial charge in [-0.05, 0) is 51.4 Å². The van der Waals surface area contributed by atoms with Crippen molar-refractivity contribution in [3.8, 4) is 0 Å². The van der Waals surface area contributed by atoms with Crippen molar-refractivity contribution in [2.45, 2.75) is 205 Å². The van der Waals surface area contributed by atoms with Crippen molar-refractivity contribution in [2.75, 3.05) is 6.61 Å². The highest BCUT2D eigenvalue weighted by molar-refractivity contribution is 5.80. The van der Waals surface area contributed by atoms with E-state index in [1.165, 1.54) is 109 Å². The summed E-state index contributed by atoms with van der Waals surface area (Å²) in [5.41, 5.74) is 0. The molecular weight excluding hydrogens is 550 g/mol. The summed E-state index contributed by atoms with van der Waals surface area (Å²) in [6, 6.07) is -1.00. The van der Waals surface area contributed by atoms with E-state index < -0.39 is 36.9 Å². The second kappa shape index (κ2) is 33.2. The predicted octanol–water partition coefficient (Wildman–Crippen LogP) is 8.84. The Hall–Kier alpha value is -1.21. The van der Waals surface area contributed by atoms with Crippen LogP contribution in [0, 0.1) is 0 Å². The van der Waals surface area contributed by atoms with Crippen LogP contribution in [0.5, 0.6) is 0 Å². The number of hydrogen-bond acceptors (Lipinski definition) is 5. The Kier molecular flexibility index (Phi) is 32.2. The largest absolute Gasteiger partial charge is 0.394 e. The zero-order valence-corrected chi connectivity index (χ0v) is 28.9. The first-order valence-corrected chi connectivity index (χ1v) is 18.7. The number of aliphatic hydroxyl groups is 4. The summed E-state index contributed by atoms with van der Waals surface area (Å²) in [7, 11) is 0. The highest BCUT2D eigenvalue weighted by atomic mass is 16.3. The quantitative estimate of drug-likeness (QED) is 0.0371. The molecule has 4 atom stereocenters. The number of nitrogens with one attached hydrogen (secondary N) is 1. The monoisotopic (exact) mass is 624 g/mol. The Balaban J connectivity index is 3.88. The Labute approximate surface area is 272 Å². The molecule has 0 aromatic heterocycles. The van der Waals surface area contributed by atoms with Crippen LogP contribution in [-0.4, -0.2) is 57.3 Å². The number of hydrogen-bond donors (Lipinski definition) is 5. The van der Waals surface area contributed by atoms with E-state index in [4.69, 9.17) is 0 Å². The average Bonchev–Trinajstić information content (AvgIpc) is 3.03. The molecule has 6 nitrogen and oxygen atoms in total. The van der Waals surface area contributed by atoms with Crippen LogP contribution in [0.3, 0.4) is 0 Å². The number of carbonyl (C=O) groups excluding carboxylic acids is 1. The van der Waals surface area contributed by atoms with Crippen molar-refractivity contribution in [3.63, 3.8) is 0 Å². The van der Waals surface area contributed by atoms with Gasteiger partial charge < -0.3 is 25.7 Å². The van der Waals surface area contributed by atoms with Gasteiger partial charge in [-0.1, -0.05) is 154 Å². The lowest BCUT2D eigenvalue weighted by Gasteiger charge is -2.27. The van der Waals surface area contributed by atoms with Crippen molar-refractivity contribution in [1.82, 2.24) is 5.32 Å². The highest BCUT2D eigenvalue weighted by Crippen LogP contribution is 2.15. The topological polar surface area (TPSA) is 110 Å². The van der Waals surface area contributed by atoms with E-state index in [2.05, 4.69) is 43.5 Å². The summed E-state index contributed by atoms with van der Waals surface area (Å²) in [5, 5.41) is 43.4. The zero-order chi connectivity index (χ0) is 32.5. The van der Waals surface area contributed by atoms with E-state index in [1.807, 2.05) is 0 Å². The maximum atomic E-state index is 12.4. The lowest BCUT2D eigenvalue weighted by atomic mass is 10.00. The molecule has 0 spiro atoms. The third-order valence-electron chi connectivity index (χ3n) is 8.64. The molecule has 0 bridgehead atoms. The van der Waals surface area contributed by atoms with E-state index in [1.54, 1.807) is 0 Å². The van der Waals surface area contributed by atoms with E-state index in [0.29, 0.717) is 19.3 Å². The van der Waals surface area contributed by atoms with Crippen LogP contribution in [0.25, 0.3) is 0 Å². The summed E-state index contributed by atoms with van der Waals surface area (Å²) >= 11 is 0. The Bertz CT molecular complexity index is 668. The fourth-order valence-electron chi connectivity index (χ4n) is 5.59. The summed E-state index contributed by atoms with van der Waals surface area (Å²) in [5.74, 6) is -0.599. The predicted molar refractivity (Wildman–Crippen MR) is 187 cm³/mol. The molecule has 0 saturated carbocycles. The summed E-state index contributed by atoms with van der Waals surface area (Å²) in [6.07, 6.45) is 34.8. The van der Waals surface area contributed by atoms with Crippen LogP contribution >= 0.6 is 0 Å². The van der Waals surface area contributed by atoms with Gasteiger partial charge in [0, 0.05) is 0 Å². The number of rotatable bonds is 33. The minimum Gasteiger partial charge on any atom is -0.394 e. The summed E-state index contributed by atoms with van der Waals surface area (Å²) in [6.45, 7) is 4.00. The van der Waals surface area contributed by atoms with Gasteiger partial charge in [0.05, 0.1) is 18.8 Å². The van der Waals surface area contributed by atoms with Gasteiger partial charge in [-0.15, -0.1) is 0 Å². The smallest absolute Gasteiger partial charge is 0.249 e. The first-order valence-electron chi connectivity index (χ1n) is 18.7. The molecule has 4 unspecified atom stereocenters. The molecule has 0 saturated heterocycles. The molecule has 0 aliphatic carbocycles. The van der Waals surface area contributed by atoms with E-state index >= 15 is 0 Å². The third-order valence-corrected chi connectivity index (χ3v) is 8.64. The fourth-order valence-corrected chi connectivity index (χ4v) is 5.59. The number of allylic oxidation sites excluding steroid dienone is 4. The Morgan fingerprint density at radius 2 is 0.955 bits per heavy atom. The van der Waals surface area contributed by atoms with Crippen molar-refractivity contribution < 1.29 is 25.2 Å². The summed E-state index contributed by atoms with van der Waals surface area (Å²) < 4.78 is 0.